The van der Waals surface area contributed by atoms with Crippen molar-refractivity contribution in [3.05, 3.63) is 91.6 Å². The van der Waals surface area contributed by atoms with Gasteiger partial charge in [-0.25, -0.2) is 23.2 Å². The first kappa shape index (κ1) is 30.6. The number of imide groups is 1. The Hall–Kier alpha value is -4.96. The molecule has 0 saturated carbocycles. The van der Waals surface area contributed by atoms with Crippen molar-refractivity contribution in [2.75, 3.05) is 11.4 Å². The minimum Gasteiger partial charge on any atom is -0.446 e. The van der Waals surface area contributed by atoms with Gasteiger partial charge in [-0.15, -0.1) is 0 Å². The maximum absolute atomic E-state index is 13.2. The van der Waals surface area contributed by atoms with Gasteiger partial charge in [0.25, 0.3) is 17.3 Å². The summed E-state index contributed by atoms with van der Waals surface area (Å²) in [6, 6.07) is 10.5. The number of nitro groups is 2. The summed E-state index contributed by atoms with van der Waals surface area (Å²) in [4.78, 5) is 63.0. The lowest BCUT2D eigenvalue weighted by Crippen LogP contribution is -2.42. The Morgan fingerprint density at radius 2 is 1.76 bits per heavy atom. The lowest BCUT2D eigenvalue weighted by molar-refractivity contribution is -0.385. The van der Waals surface area contributed by atoms with Gasteiger partial charge in [-0.3, -0.25) is 30.3 Å². The second-order valence-corrected chi connectivity index (χ2v) is 9.65. The minimum atomic E-state index is -1.07. The van der Waals surface area contributed by atoms with E-state index in [-0.39, 0.29) is 33.6 Å². The lowest BCUT2D eigenvalue weighted by Gasteiger charge is -2.26. The molecule has 0 saturated heterocycles. The van der Waals surface area contributed by atoms with Gasteiger partial charge in [0.05, 0.1) is 38.8 Å². The fourth-order valence-electron chi connectivity index (χ4n) is 3.03. The second-order valence-electron chi connectivity index (χ2n) is 8.17. The van der Waals surface area contributed by atoms with Gasteiger partial charge in [0.15, 0.2) is 0 Å². The Morgan fingerprint density at radius 3 is 2.34 bits per heavy atom. The van der Waals surface area contributed by atoms with E-state index in [0.717, 1.165) is 20.9 Å². The highest BCUT2D eigenvalue weighted by Gasteiger charge is 2.28. The highest BCUT2D eigenvalue weighted by atomic mass is 35.5. The van der Waals surface area contributed by atoms with Gasteiger partial charge in [-0.05, 0) is 38.1 Å². The summed E-state index contributed by atoms with van der Waals surface area (Å²) in [5.41, 5.74) is -1.05. The van der Waals surface area contributed by atoms with E-state index in [4.69, 9.17) is 21.1 Å². The number of aromatic nitrogens is 1. The zero-order valence-corrected chi connectivity index (χ0v) is 23.1. The molecule has 4 amide bonds. The van der Waals surface area contributed by atoms with Crippen LogP contribution in [-0.2, 0) is 4.74 Å². The third kappa shape index (κ3) is 8.02. The van der Waals surface area contributed by atoms with Gasteiger partial charge in [-0.1, -0.05) is 23.7 Å². The number of carbonyl (C=O) groups excluding carboxylic acids is 3. The van der Waals surface area contributed by atoms with Crippen molar-refractivity contribution < 1.29 is 33.7 Å². The average Bonchev–Trinajstić information content (AvgIpc) is 2.92. The second kappa shape index (κ2) is 13.4. The zero-order valence-electron chi connectivity index (χ0n) is 21.5. The summed E-state index contributed by atoms with van der Waals surface area (Å²) < 4.78 is 12.6. The van der Waals surface area contributed by atoms with Crippen LogP contribution in [0.4, 0.5) is 26.7 Å². The molecule has 0 aliphatic carbocycles. The van der Waals surface area contributed by atoms with Gasteiger partial charge >= 0.3 is 12.1 Å². The van der Waals surface area contributed by atoms with Crippen LogP contribution in [0.15, 0.2) is 60.8 Å². The maximum atomic E-state index is 13.2. The van der Waals surface area contributed by atoms with Crippen molar-refractivity contribution in [3.63, 3.8) is 0 Å². The number of pyridine rings is 1. The number of amides is 4. The molecule has 41 heavy (non-hydrogen) atoms. The van der Waals surface area contributed by atoms with Gasteiger partial charge in [-0.2, -0.15) is 0 Å². The molecular weight excluding hydrogens is 584 g/mol. The summed E-state index contributed by atoms with van der Waals surface area (Å²) in [6.45, 7) is 3.26. The summed E-state index contributed by atoms with van der Waals surface area (Å²) >= 11 is 6.90. The zero-order chi connectivity index (χ0) is 30.3. The molecule has 15 nitrogen and oxygen atoms in total. The number of benzene rings is 2. The van der Waals surface area contributed by atoms with Crippen LogP contribution < -0.4 is 14.4 Å². The molecule has 0 aliphatic rings. The van der Waals surface area contributed by atoms with Crippen molar-refractivity contribution in [3.8, 4) is 11.6 Å². The van der Waals surface area contributed by atoms with E-state index in [9.17, 15) is 34.6 Å². The van der Waals surface area contributed by atoms with Gasteiger partial charge < -0.3 is 9.47 Å². The van der Waals surface area contributed by atoms with E-state index in [2.05, 4.69) is 10.3 Å². The molecule has 0 atom stereocenters. The van der Waals surface area contributed by atoms with E-state index < -0.39 is 39.7 Å². The highest BCUT2D eigenvalue weighted by Crippen LogP contribution is 2.35. The topological polar surface area (TPSA) is 187 Å². The largest absolute Gasteiger partial charge is 0.446 e. The van der Waals surface area contributed by atoms with Crippen LogP contribution in [0.3, 0.4) is 0 Å². The number of nitro benzene ring substituents is 1. The summed E-state index contributed by atoms with van der Waals surface area (Å²) in [5, 5.41) is 24.2. The van der Waals surface area contributed by atoms with E-state index in [1.54, 1.807) is 13.8 Å². The number of ether oxygens (including phenoxy) is 2. The van der Waals surface area contributed by atoms with Crippen molar-refractivity contribution in [2.45, 2.75) is 20.0 Å². The van der Waals surface area contributed by atoms with Crippen molar-refractivity contribution in [1.82, 2.24) is 14.6 Å². The highest BCUT2D eigenvalue weighted by molar-refractivity contribution is 7.99. The number of nitrogens with one attached hydrogen (secondary N) is 1. The molecule has 0 fully saturated rings. The first-order chi connectivity index (χ1) is 19.4. The quantitative estimate of drug-likeness (QED) is 0.178. The molecular formula is C24H21ClN6O9S. The van der Waals surface area contributed by atoms with Crippen molar-refractivity contribution >= 4 is 58.8 Å². The predicted molar refractivity (Wildman–Crippen MR) is 148 cm³/mol. The first-order valence-corrected chi connectivity index (χ1v) is 12.6. The molecule has 17 heteroatoms. The average molecular weight is 605 g/mol. The SMILES string of the molecule is CC(C)OC(=O)N(C)SN(C(=O)NC(=O)c1ccccc1[N+](=O)[O-])c1ccc(Oc2ccc([N+](=O)[O-])cn2)c(Cl)c1. The summed E-state index contributed by atoms with van der Waals surface area (Å²) in [7, 11) is 1.32. The third-order valence-corrected chi connectivity index (χ3v) is 6.07. The van der Waals surface area contributed by atoms with Crippen LogP contribution in [0.5, 0.6) is 11.6 Å². The molecule has 0 spiro atoms. The Bertz CT molecular complexity index is 1490. The number of nitrogens with zero attached hydrogens (tertiary/aromatic N) is 5. The van der Waals surface area contributed by atoms with E-state index in [0.29, 0.717) is 12.1 Å². The fourth-order valence-corrected chi connectivity index (χ4v) is 3.92. The number of urea groups is 1. The third-order valence-electron chi connectivity index (χ3n) is 4.84. The maximum Gasteiger partial charge on any atom is 0.421 e. The number of rotatable bonds is 9. The van der Waals surface area contributed by atoms with E-state index in [1.807, 2.05) is 0 Å². The Morgan fingerprint density at radius 1 is 1.05 bits per heavy atom. The number of halogens is 1. The summed E-state index contributed by atoms with van der Waals surface area (Å²) in [5.74, 6) is -0.985. The molecule has 3 aromatic rings. The van der Waals surface area contributed by atoms with E-state index in [1.165, 1.54) is 55.6 Å². The number of carbonyl (C=O) groups is 3. The fraction of sp³-hybridized carbons (Fsp3) is 0.167. The van der Waals surface area contributed by atoms with Gasteiger partial charge in [0, 0.05) is 25.2 Å². The molecule has 0 bridgehead atoms. The lowest BCUT2D eigenvalue weighted by atomic mass is 10.1. The molecule has 0 unspecified atom stereocenters. The Kier molecular flexibility index (Phi) is 10.00. The van der Waals surface area contributed by atoms with Crippen LogP contribution in [0.2, 0.25) is 5.02 Å². The molecule has 1 N–H and O–H groups in total. The van der Waals surface area contributed by atoms with Crippen LogP contribution in [-0.4, -0.2) is 50.3 Å². The van der Waals surface area contributed by atoms with Gasteiger partial charge in [0.2, 0.25) is 5.88 Å². The van der Waals surface area contributed by atoms with Crippen molar-refractivity contribution in [2.24, 2.45) is 0 Å². The number of anilines is 1. The van der Waals surface area contributed by atoms with Crippen LogP contribution in [0.25, 0.3) is 0 Å². The van der Waals surface area contributed by atoms with Crippen molar-refractivity contribution in [1.29, 1.82) is 0 Å². The summed E-state index contributed by atoms with van der Waals surface area (Å²) in [6.07, 6.45) is -0.268. The molecule has 2 aromatic carbocycles. The monoisotopic (exact) mass is 604 g/mol. The standard InChI is InChI=1S/C24H21ClN6O9S/c1-14(2)39-24(34)28(3)41-29(23(33)27-22(32)17-6-4-5-7-19(17)31(37)38)15-8-10-20(18(25)12-15)40-21-11-9-16(13-26-21)30(35)36/h4-14H,1-3H3,(H,27,32,33). The molecule has 0 radical (unpaired) electrons. The van der Waals surface area contributed by atoms with Crippen LogP contribution in [0, 0.1) is 20.2 Å². The normalized spacial score (nSPS) is 10.5. The number of para-hydroxylation sites is 1. The number of hydrogen-bond donors (Lipinski definition) is 1. The molecule has 1 heterocycles. The van der Waals surface area contributed by atoms with Gasteiger partial charge in [0.1, 0.15) is 17.5 Å². The molecule has 1 aromatic heterocycles. The Balaban J connectivity index is 1.89. The van der Waals surface area contributed by atoms with Crippen LogP contribution in [0.1, 0.15) is 24.2 Å². The first-order valence-electron chi connectivity index (χ1n) is 11.5. The smallest absolute Gasteiger partial charge is 0.421 e. The Labute approximate surface area is 241 Å². The molecule has 3 rings (SSSR count). The molecule has 214 valence electrons. The van der Waals surface area contributed by atoms with Crippen LogP contribution >= 0.6 is 23.7 Å². The van der Waals surface area contributed by atoms with E-state index >= 15 is 0 Å². The molecule has 0 aliphatic heterocycles. The predicted octanol–water partition coefficient (Wildman–Crippen LogP) is 5.74. The number of hydrogen-bond acceptors (Lipinski definition) is 11. The minimum absolute atomic E-state index is 0.000408.